The molecule has 0 aromatic heterocycles. The maximum atomic E-state index is 11.1. The number of rotatable bonds is 3. The summed E-state index contributed by atoms with van der Waals surface area (Å²) in [4.78, 5) is 11.1. The number of carbonyl (C=O) groups is 1. The molecule has 1 aromatic rings. The Labute approximate surface area is 99.0 Å². The molecule has 0 spiro atoms. The highest BCUT2D eigenvalue weighted by molar-refractivity contribution is 7.89. The zero-order valence-corrected chi connectivity index (χ0v) is 10.0. The van der Waals surface area contributed by atoms with Gasteiger partial charge in [0.05, 0.1) is 6.26 Å². The Balaban J connectivity index is 2.75. The van der Waals surface area contributed by atoms with Crippen LogP contribution in [0.5, 0.6) is 0 Å². The molecule has 1 rings (SSSR count). The summed E-state index contributed by atoms with van der Waals surface area (Å²) in [6, 6.07) is 6.92. The molecule has 0 aliphatic rings. The summed E-state index contributed by atoms with van der Waals surface area (Å²) in [5.74, 6) is -0.706. The van der Waals surface area contributed by atoms with Crippen LogP contribution in [-0.2, 0) is 14.8 Å². The number of amides is 1. The van der Waals surface area contributed by atoms with Gasteiger partial charge in [-0.1, -0.05) is 29.8 Å². The van der Waals surface area contributed by atoms with E-state index < -0.39 is 15.9 Å². The monoisotopic (exact) mass is 259 g/mol. The lowest BCUT2D eigenvalue weighted by Crippen LogP contribution is -2.27. The van der Waals surface area contributed by atoms with Crippen LogP contribution in [0.1, 0.15) is 5.56 Å². The van der Waals surface area contributed by atoms with E-state index in [4.69, 9.17) is 11.6 Å². The van der Waals surface area contributed by atoms with Gasteiger partial charge < -0.3 is 0 Å². The standard InChI is InChI=1S/C10H10ClNO3S/c1-16(14,15)12-10(13)7-6-8-4-2-3-5-9(8)11/h2-7H,1H3,(H,12,13)/b7-6+. The van der Waals surface area contributed by atoms with E-state index in [-0.39, 0.29) is 0 Å². The third kappa shape index (κ3) is 4.46. The maximum absolute atomic E-state index is 11.1. The zero-order valence-electron chi connectivity index (χ0n) is 8.48. The van der Waals surface area contributed by atoms with Crippen molar-refractivity contribution >= 4 is 33.6 Å². The molecular weight excluding hydrogens is 250 g/mol. The first-order chi connectivity index (χ1) is 7.38. The molecule has 1 aromatic carbocycles. The van der Waals surface area contributed by atoms with E-state index in [0.717, 1.165) is 12.3 Å². The van der Waals surface area contributed by atoms with Gasteiger partial charge in [0.25, 0.3) is 5.91 Å². The minimum atomic E-state index is -3.52. The van der Waals surface area contributed by atoms with E-state index in [1.165, 1.54) is 6.08 Å². The topological polar surface area (TPSA) is 63.2 Å². The molecule has 86 valence electrons. The predicted molar refractivity (Wildman–Crippen MR) is 63.5 cm³/mol. The average Bonchev–Trinajstić information content (AvgIpc) is 2.14. The lowest BCUT2D eigenvalue weighted by atomic mass is 10.2. The molecule has 0 saturated carbocycles. The van der Waals surface area contributed by atoms with Crippen molar-refractivity contribution in [1.29, 1.82) is 0 Å². The summed E-state index contributed by atoms with van der Waals surface area (Å²) in [5.41, 5.74) is 0.646. The van der Waals surface area contributed by atoms with Crippen molar-refractivity contribution in [3.8, 4) is 0 Å². The molecule has 0 aliphatic heterocycles. The van der Waals surface area contributed by atoms with Crippen LogP contribution in [0.4, 0.5) is 0 Å². The van der Waals surface area contributed by atoms with Crippen molar-refractivity contribution in [1.82, 2.24) is 4.72 Å². The van der Waals surface area contributed by atoms with Gasteiger partial charge in [-0.15, -0.1) is 0 Å². The average molecular weight is 260 g/mol. The highest BCUT2D eigenvalue weighted by Crippen LogP contribution is 2.15. The molecule has 16 heavy (non-hydrogen) atoms. The van der Waals surface area contributed by atoms with Crippen LogP contribution in [0.3, 0.4) is 0 Å². The predicted octanol–water partition coefficient (Wildman–Crippen LogP) is 1.43. The number of halogens is 1. The number of sulfonamides is 1. The Morgan fingerprint density at radius 2 is 2.00 bits per heavy atom. The van der Waals surface area contributed by atoms with Crippen molar-refractivity contribution < 1.29 is 13.2 Å². The fourth-order valence-corrected chi connectivity index (χ4v) is 1.62. The number of hydrogen-bond acceptors (Lipinski definition) is 3. The normalized spacial score (nSPS) is 11.6. The molecule has 1 N–H and O–H groups in total. The van der Waals surface area contributed by atoms with Gasteiger partial charge in [-0.05, 0) is 17.7 Å². The quantitative estimate of drug-likeness (QED) is 0.836. The molecule has 0 fully saturated rings. The summed E-state index contributed by atoms with van der Waals surface area (Å²) < 4.78 is 23.3. The Bertz CT molecular complexity index is 523. The van der Waals surface area contributed by atoms with E-state index in [9.17, 15) is 13.2 Å². The van der Waals surface area contributed by atoms with Gasteiger partial charge in [-0.2, -0.15) is 0 Å². The fraction of sp³-hybridized carbons (Fsp3) is 0.100. The summed E-state index contributed by atoms with van der Waals surface area (Å²) in [6.07, 6.45) is 3.47. The van der Waals surface area contributed by atoms with Crippen molar-refractivity contribution in [3.05, 3.63) is 40.9 Å². The first-order valence-electron chi connectivity index (χ1n) is 4.33. The van der Waals surface area contributed by atoms with Crippen molar-refractivity contribution in [3.63, 3.8) is 0 Å². The minimum Gasteiger partial charge on any atom is -0.269 e. The van der Waals surface area contributed by atoms with E-state index in [0.29, 0.717) is 10.6 Å². The fourth-order valence-electron chi connectivity index (χ4n) is 0.992. The van der Waals surface area contributed by atoms with Gasteiger partial charge in [-0.3, -0.25) is 4.79 Å². The second-order valence-corrected chi connectivity index (χ2v) is 5.25. The van der Waals surface area contributed by atoms with Crippen LogP contribution in [0.15, 0.2) is 30.3 Å². The van der Waals surface area contributed by atoms with Gasteiger partial charge in [0.1, 0.15) is 0 Å². The molecule has 0 bridgehead atoms. The lowest BCUT2D eigenvalue weighted by molar-refractivity contribution is -0.114. The largest absolute Gasteiger partial charge is 0.269 e. The number of nitrogens with one attached hydrogen (secondary N) is 1. The Hall–Kier alpha value is -1.33. The summed E-state index contributed by atoms with van der Waals surface area (Å²) in [6.45, 7) is 0. The molecule has 0 heterocycles. The summed E-state index contributed by atoms with van der Waals surface area (Å²) in [7, 11) is -3.52. The smallest absolute Gasteiger partial charge is 0.257 e. The molecule has 4 nitrogen and oxygen atoms in total. The SMILES string of the molecule is CS(=O)(=O)NC(=O)/C=C/c1ccccc1Cl. The van der Waals surface area contributed by atoms with Crippen molar-refractivity contribution in [2.75, 3.05) is 6.26 Å². The third-order valence-electron chi connectivity index (χ3n) is 1.61. The Morgan fingerprint density at radius 1 is 1.38 bits per heavy atom. The molecule has 0 saturated heterocycles. The Morgan fingerprint density at radius 3 is 2.56 bits per heavy atom. The number of carbonyl (C=O) groups excluding carboxylic acids is 1. The van der Waals surface area contributed by atoms with Crippen LogP contribution in [-0.4, -0.2) is 20.6 Å². The maximum Gasteiger partial charge on any atom is 0.257 e. The summed E-state index contributed by atoms with van der Waals surface area (Å²) >= 11 is 5.84. The van der Waals surface area contributed by atoms with Crippen LogP contribution in [0.2, 0.25) is 5.02 Å². The van der Waals surface area contributed by atoms with Gasteiger partial charge in [0.2, 0.25) is 10.0 Å². The molecular formula is C10H10ClNO3S. The molecule has 0 radical (unpaired) electrons. The first-order valence-corrected chi connectivity index (χ1v) is 6.60. The number of hydrogen-bond donors (Lipinski definition) is 1. The van der Waals surface area contributed by atoms with E-state index in [1.807, 2.05) is 4.72 Å². The van der Waals surface area contributed by atoms with Gasteiger partial charge in [-0.25, -0.2) is 13.1 Å². The van der Waals surface area contributed by atoms with Crippen molar-refractivity contribution in [2.24, 2.45) is 0 Å². The van der Waals surface area contributed by atoms with Gasteiger partial charge >= 0.3 is 0 Å². The van der Waals surface area contributed by atoms with E-state index in [2.05, 4.69) is 0 Å². The molecule has 6 heteroatoms. The van der Waals surface area contributed by atoms with Crippen molar-refractivity contribution in [2.45, 2.75) is 0 Å². The van der Waals surface area contributed by atoms with E-state index in [1.54, 1.807) is 24.3 Å². The molecule has 0 atom stereocenters. The molecule has 0 unspecified atom stereocenters. The highest BCUT2D eigenvalue weighted by atomic mass is 35.5. The highest BCUT2D eigenvalue weighted by Gasteiger charge is 2.04. The van der Waals surface area contributed by atoms with Gasteiger partial charge in [0.15, 0.2) is 0 Å². The third-order valence-corrected chi connectivity index (χ3v) is 2.52. The number of benzene rings is 1. The van der Waals surface area contributed by atoms with Gasteiger partial charge in [0, 0.05) is 11.1 Å². The lowest BCUT2D eigenvalue weighted by Gasteiger charge is -1.98. The first kappa shape index (κ1) is 12.7. The van der Waals surface area contributed by atoms with Crippen LogP contribution < -0.4 is 4.72 Å². The summed E-state index contributed by atoms with van der Waals surface area (Å²) in [5, 5.41) is 0.492. The van der Waals surface area contributed by atoms with Crippen LogP contribution in [0.25, 0.3) is 6.08 Å². The minimum absolute atomic E-state index is 0.492. The molecule has 1 amide bonds. The second kappa shape index (κ2) is 5.14. The van der Waals surface area contributed by atoms with E-state index >= 15 is 0 Å². The van der Waals surface area contributed by atoms with Crippen LogP contribution in [0, 0.1) is 0 Å². The second-order valence-electron chi connectivity index (χ2n) is 3.09. The molecule has 0 aliphatic carbocycles. The Kier molecular flexibility index (Phi) is 4.09. The zero-order chi connectivity index (χ0) is 12.2. The van der Waals surface area contributed by atoms with Crippen LogP contribution >= 0.6 is 11.6 Å².